The second kappa shape index (κ2) is 7.23. The SMILES string of the molecule is Cn1cnc2c(C=NCCc3ccccc3O[Si](C)(C)C)cccc21. The quantitative estimate of drug-likeness (QED) is 0.486. The van der Waals surface area contributed by atoms with E-state index in [9.17, 15) is 0 Å². The fourth-order valence-electron chi connectivity index (χ4n) is 2.77. The van der Waals surface area contributed by atoms with Crippen molar-refractivity contribution in [3.63, 3.8) is 0 Å². The molecule has 130 valence electrons. The van der Waals surface area contributed by atoms with E-state index in [4.69, 9.17) is 4.43 Å². The first-order valence-electron chi connectivity index (χ1n) is 8.61. The molecule has 0 unspecified atom stereocenters. The highest BCUT2D eigenvalue weighted by Crippen LogP contribution is 2.22. The summed E-state index contributed by atoms with van der Waals surface area (Å²) in [6, 6.07) is 14.5. The van der Waals surface area contributed by atoms with Crippen molar-refractivity contribution < 1.29 is 4.43 Å². The maximum Gasteiger partial charge on any atom is 0.242 e. The number of nitrogens with zero attached hydrogens (tertiary/aromatic N) is 3. The Morgan fingerprint density at radius 2 is 1.92 bits per heavy atom. The third-order valence-electron chi connectivity index (χ3n) is 3.92. The number of hydrogen-bond acceptors (Lipinski definition) is 3. The first kappa shape index (κ1) is 17.4. The van der Waals surface area contributed by atoms with Crippen molar-refractivity contribution in [1.29, 1.82) is 0 Å². The lowest BCUT2D eigenvalue weighted by Gasteiger charge is -2.21. The van der Waals surface area contributed by atoms with Crippen LogP contribution in [0.4, 0.5) is 0 Å². The number of hydrogen-bond donors (Lipinski definition) is 0. The van der Waals surface area contributed by atoms with Crippen LogP contribution in [0, 0.1) is 0 Å². The van der Waals surface area contributed by atoms with E-state index in [1.807, 2.05) is 36.3 Å². The highest BCUT2D eigenvalue weighted by atomic mass is 28.4. The molecule has 0 aliphatic carbocycles. The Kier molecular flexibility index (Phi) is 5.04. The number of imidazole rings is 1. The summed E-state index contributed by atoms with van der Waals surface area (Å²) in [5.74, 6) is 1.00. The Hall–Kier alpha value is -2.40. The lowest BCUT2D eigenvalue weighted by molar-refractivity contribution is 0.549. The summed E-state index contributed by atoms with van der Waals surface area (Å²) in [5.41, 5.74) is 4.40. The highest BCUT2D eigenvalue weighted by Gasteiger charge is 2.17. The summed E-state index contributed by atoms with van der Waals surface area (Å²) in [6.45, 7) is 7.34. The molecule has 5 heteroatoms. The van der Waals surface area contributed by atoms with Gasteiger partial charge >= 0.3 is 0 Å². The number of rotatable bonds is 6. The largest absolute Gasteiger partial charge is 0.544 e. The number of aryl methyl sites for hydroxylation is 1. The maximum absolute atomic E-state index is 6.18. The summed E-state index contributed by atoms with van der Waals surface area (Å²) in [6.07, 6.45) is 4.64. The van der Waals surface area contributed by atoms with Crippen LogP contribution in [0.2, 0.25) is 19.6 Å². The van der Waals surface area contributed by atoms with Gasteiger partial charge in [-0.15, -0.1) is 0 Å². The molecule has 3 aromatic rings. The van der Waals surface area contributed by atoms with Gasteiger partial charge in [-0.2, -0.15) is 0 Å². The van der Waals surface area contributed by atoms with Crippen LogP contribution < -0.4 is 4.43 Å². The number of aromatic nitrogens is 2. The van der Waals surface area contributed by atoms with Gasteiger partial charge in [0.05, 0.1) is 17.4 Å². The molecule has 0 saturated carbocycles. The average molecular weight is 352 g/mol. The van der Waals surface area contributed by atoms with Crippen LogP contribution in [0.1, 0.15) is 11.1 Å². The molecule has 0 aliphatic rings. The van der Waals surface area contributed by atoms with E-state index in [-0.39, 0.29) is 0 Å². The van der Waals surface area contributed by atoms with Crippen molar-refractivity contribution in [2.45, 2.75) is 26.1 Å². The Morgan fingerprint density at radius 3 is 2.72 bits per heavy atom. The summed E-state index contributed by atoms with van der Waals surface area (Å²) < 4.78 is 8.21. The second-order valence-corrected chi connectivity index (χ2v) is 11.6. The van der Waals surface area contributed by atoms with Gasteiger partial charge in [0.15, 0.2) is 0 Å². The molecule has 0 aliphatic heterocycles. The van der Waals surface area contributed by atoms with Gasteiger partial charge in [-0.3, -0.25) is 4.99 Å². The van der Waals surface area contributed by atoms with Crippen LogP contribution >= 0.6 is 0 Å². The summed E-state index contributed by atoms with van der Waals surface area (Å²) in [4.78, 5) is 9.08. The van der Waals surface area contributed by atoms with E-state index in [2.05, 4.69) is 59.9 Å². The molecule has 0 atom stereocenters. The van der Waals surface area contributed by atoms with Crippen molar-refractivity contribution in [1.82, 2.24) is 9.55 Å². The third kappa shape index (κ3) is 4.36. The first-order chi connectivity index (χ1) is 11.9. The minimum atomic E-state index is -1.61. The molecule has 0 saturated heterocycles. The molecule has 25 heavy (non-hydrogen) atoms. The first-order valence-corrected chi connectivity index (χ1v) is 12.0. The molecule has 1 aromatic heterocycles. The van der Waals surface area contributed by atoms with Crippen LogP contribution in [-0.4, -0.2) is 30.6 Å². The van der Waals surface area contributed by atoms with E-state index in [0.717, 1.165) is 35.3 Å². The number of para-hydroxylation sites is 2. The molecule has 4 nitrogen and oxygen atoms in total. The van der Waals surface area contributed by atoms with Crippen LogP contribution in [-0.2, 0) is 13.5 Å². The minimum Gasteiger partial charge on any atom is -0.544 e. The van der Waals surface area contributed by atoms with E-state index in [1.165, 1.54) is 5.56 Å². The Bertz CT molecular complexity index is 893. The standard InChI is InChI=1S/C20H25N3OSi/c1-23-15-22-20-17(9-7-10-18(20)23)14-21-13-12-16-8-5-6-11-19(16)24-25(2,3)4/h5-11,14-15H,12-13H2,1-4H3. The van der Waals surface area contributed by atoms with Gasteiger partial charge in [0, 0.05) is 25.4 Å². The van der Waals surface area contributed by atoms with E-state index < -0.39 is 8.32 Å². The zero-order valence-electron chi connectivity index (χ0n) is 15.4. The van der Waals surface area contributed by atoms with Crippen LogP contribution in [0.25, 0.3) is 11.0 Å². The maximum atomic E-state index is 6.18. The molecule has 2 aromatic carbocycles. The molecule has 0 fully saturated rings. The smallest absolute Gasteiger partial charge is 0.242 e. The zero-order valence-corrected chi connectivity index (χ0v) is 16.4. The Balaban J connectivity index is 1.70. The monoisotopic (exact) mass is 351 g/mol. The van der Waals surface area contributed by atoms with Crippen molar-refractivity contribution >= 4 is 25.6 Å². The highest BCUT2D eigenvalue weighted by molar-refractivity contribution is 6.70. The molecule has 3 rings (SSSR count). The van der Waals surface area contributed by atoms with Crippen molar-refractivity contribution in [2.75, 3.05) is 6.54 Å². The van der Waals surface area contributed by atoms with Crippen LogP contribution in [0.3, 0.4) is 0 Å². The normalized spacial score (nSPS) is 12.2. The predicted octanol–water partition coefficient (Wildman–Crippen LogP) is 4.45. The van der Waals surface area contributed by atoms with Crippen molar-refractivity contribution in [2.24, 2.45) is 12.0 Å². The van der Waals surface area contributed by atoms with E-state index in [1.54, 1.807) is 0 Å². The predicted molar refractivity (Wildman–Crippen MR) is 107 cm³/mol. The van der Waals surface area contributed by atoms with Gasteiger partial charge in [-0.1, -0.05) is 30.3 Å². The summed E-state index contributed by atoms with van der Waals surface area (Å²) in [7, 11) is 0.399. The fourth-order valence-corrected chi connectivity index (χ4v) is 3.63. The zero-order chi connectivity index (χ0) is 17.9. The van der Waals surface area contributed by atoms with Gasteiger partial charge in [0.25, 0.3) is 0 Å². The average Bonchev–Trinajstić information content (AvgIpc) is 2.94. The molecule has 0 spiro atoms. The van der Waals surface area contributed by atoms with Crippen molar-refractivity contribution in [3.05, 3.63) is 59.9 Å². The lowest BCUT2D eigenvalue weighted by Crippen LogP contribution is -2.29. The third-order valence-corrected chi connectivity index (χ3v) is 4.75. The van der Waals surface area contributed by atoms with E-state index >= 15 is 0 Å². The Labute approximate surface area is 150 Å². The van der Waals surface area contributed by atoms with Crippen molar-refractivity contribution in [3.8, 4) is 5.75 Å². The van der Waals surface area contributed by atoms with Gasteiger partial charge in [0.1, 0.15) is 5.75 Å². The molecule has 0 amide bonds. The molecular formula is C20H25N3OSi. The van der Waals surface area contributed by atoms with Gasteiger partial charge in [-0.25, -0.2) is 4.98 Å². The minimum absolute atomic E-state index is 0.731. The molecule has 0 bridgehead atoms. The number of fused-ring (bicyclic) bond motifs is 1. The van der Waals surface area contributed by atoms with Gasteiger partial charge in [0.2, 0.25) is 8.32 Å². The summed E-state index contributed by atoms with van der Waals surface area (Å²) in [5, 5.41) is 0. The van der Waals surface area contributed by atoms with Gasteiger partial charge in [-0.05, 0) is 43.8 Å². The number of benzene rings is 2. The second-order valence-electron chi connectivity index (χ2n) is 7.18. The number of aliphatic imine (C=N–C) groups is 1. The Morgan fingerprint density at radius 1 is 1.12 bits per heavy atom. The van der Waals surface area contributed by atoms with Crippen LogP contribution in [0.5, 0.6) is 5.75 Å². The lowest BCUT2D eigenvalue weighted by atomic mass is 10.1. The fraction of sp³-hybridized carbons (Fsp3) is 0.300. The van der Waals surface area contributed by atoms with E-state index in [0.29, 0.717) is 0 Å². The molecule has 1 heterocycles. The molecule has 0 N–H and O–H groups in total. The molecular weight excluding hydrogens is 326 g/mol. The van der Waals surface area contributed by atoms with Gasteiger partial charge < -0.3 is 8.99 Å². The summed E-state index contributed by atoms with van der Waals surface area (Å²) >= 11 is 0. The topological polar surface area (TPSA) is 39.4 Å². The van der Waals surface area contributed by atoms with Crippen LogP contribution in [0.15, 0.2) is 53.8 Å². The molecule has 0 radical (unpaired) electrons.